The van der Waals surface area contributed by atoms with E-state index in [9.17, 15) is 9.90 Å². The molecule has 0 radical (unpaired) electrons. The minimum Gasteiger partial charge on any atom is -0.487 e. The maximum Gasteiger partial charge on any atom is 0.229 e. The Morgan fingerprint density at radius 1 is 1.03 bits per heavy atom. The van der Waals surface area contributed by atoms with Crippen molar-refractivity contribution < 1.29 is 14.6 Å². The number of benzene rings is 1. The van der Waals surface area contributed by atoms with Crippen molar-refractivity contribution >= 4 is 11.6 Å². The summed E-state index contributed by atoms with van der Waals surface area (Å²) in [6, 6.07) is 5.97. The summed E-state index contributed by atoms with van der Waals surface area (Å²) in [6.07, 6.45) is 10.1. The number of aliphatic hydroxyl groups excluding tert-OH is 1. The molecule has 4 nitrogen and oxygen atoms in total. The van der Waals surface area contributed by atoms with Crippen molar-refractivity contribution in [2.24, 2.45) is 11.3 Å². The van der Waals surface area contributed by atoms with Crippen LogP contribution < -0.4 is 9.64 Å². The molecule has 0 aliphatic carbocycles. The summed E-state index contributed by atoms with van der Waals surface area (Å²) in [4.78, 5) is 13.6. The molecule has 0 aromatic heterocycles. The molecule has 170 valence electrons. The van der Waals surface area contributed by atoms with Crippen LogP contribution in [-0.2, 0) is 11.2 Å². The van der Waals surface area contributed by atoms with Gasteiger partial charge in [-0.15, -0.1) is 0 Å². The van der Waals surface area contributed by atoms with Gasteiger partial charge < -0.3 is 9.84 Å². The molecule has 0 bridgehead atoms. The number of unbranched alkanes of at least 4 members (excludes halogenated alkanes) is 5. The van der Waals surface area contributed by atoms with E-state index in [1.807, 2.05) is 18.2 Å². The van der Waals surface area contributed by atoms with E-state index in [0.29, 0.717) is 12.3 Å². The van der Waals surface area contributed by atoms with Gasteiger partial charge in [0.2, 0.25) is 5.91 Å². The third kappa shape index (κ3) is 6.47. The highest BCUT2D eigenvalue weighted by molar-refractivity contribution is 5.96. The summed E-state index contributed by atoms with van der Waals surface area (Å²) >= 11 is 0. The van der Waals surface area contributed by atoms with Gasteiger partial charge in [-0.3, -0.25) is 9.69 Å². The van der Waals surface area contributed by atoms with E-state index in [4.69, 9.17) is 4.74 Å². The number of anilines is 1. The van der Waals surface area contributed by atoms with Gasteiger partial charge in [0.05, 0.1) is 5.69 Å². The largest absolute Gasteiger partial charge is 0.487 e. The molecule has 1 aliphatic heterocycles. The third-order valence-corrected chi connectivity index (χ3v) is 6.51. The lowest BCUT2D eigenvalue weighted by Crippen LogP contribution is -2.44. The molecule has 1 N–H and O–H groups in total. The molecule has 2 rings (SSSR count). The molecule has 1 heterocycles. The number of aliphatic hydroxyl groups is 1. The van der Waals surface area contributed by atoms with Crippen LogP contribution in [-0.4, -0.2) is 23.3 Å². The van der Waals surface area contributed by atoms with Gasteiger partial charge in [-0.1, -0.05) is 72.3 Å². The third-order valence-electron chi connectivity index (χ3n) is 6.51. The van der Waals surface area contributed by atoms with E-state index in [-0.39, 0.29) is 23.7 Å². The minimum atomic E-state index is -0.335. The molecule has 0 fully saturated rings. The standard InChI is InChI=1S/C26H43NO3/c1-7-8-9-10-11-12-13-23(25(2,3)4)26(5,6)30-21-16-14-20-15-17-24(29)27(19-28)22(20)18-21/h14,16,18,23,28H,7-13,15,17,19H2,1-6H3. The van der Waals surface area contributed by atoms with Crippen molar-refractivity contribution in [3.63, 3.8) is 0 Å². The number of hydrogen-bond donors (Lipinski definition) is 1. The summed E-state index contributed by atoms with van der Waals surface area (Å²) in [5, 5.41) is 9.67. The first-order chi connectivity index (χ1) is 14.1. The van der Waals surface area contributed by atoms with Crippen LogP contribution in [0.5, 0.6) is 5.75 Å². The molecular formula is C26H43NO3. The average Bonchev–Trinajstić information content (AvgIpc) is 2.65. The van der Waals surface area contributed by atoms with E-state index in [1.54, 1.807) is 0 Å². The second-order valence-corrected chi connectivity index (χ2v) is 10.4. The fourth-order valence-corrected chi connectivity index (χ4v) is 5.06. The summed E-state index contributed by atoms with van der Waals surface area (Å²) in [5.74, 6) is 1.14. The maximum absolute atomic E-state index is 12.2. The number of nitrogens with zero attached hydrogens (tertiary/aromatic N) is 1. The van der Waals surface area contributed by atoms with E-state index in [2.05, 4.69) is 41.5 Å². The van der Waals surface area contributed by atoms with Crippen LogP contribution in [0.25, 0.3) is 0 Å². The van der Waals surface area contributed by atoms with Crippen molar-refractivity contribution in [2.45, 2.75) is 105 Å². The molecule has 0 saturated carbocycles. The average molecular weight is 418 g/mol. The highest BCUT2D eigenvalue weighted by Gasteiger charge is 2.39. The molecule has 30 heavy (non-hydrogen) atoms. The maximum atomic E-state index is 12.2. The van der Waals surface area contributed by atoms with Crippen LogP contribution in [0.1, 0.15) is 98.5 Å². The molecule has 1 unspecified atom stereocenters. The second kappa shape index (κ2) is 10.7. The first-order valence-corrected chi connectivity index (χ1v) is 11.8. The molecular weight excluding hydrogens is 374 g/mol. The fraction of sp³-hybridized carbons (Fsp3) is 0.731. The van der Waals surface area contributed by atoms with Crippen LogP contribution in [0.2, 0.25) is 0 Å². The number of aryl methyl sites for hydroxylation is 1. The Morgan fingerprint density at radius 3 is 2.33 bits per heavy atom. The lowest BCUT2D eigenvalue weighted by atomic mass is 9.69. The monoisotopic (exact) mass is 417 g/mol. The Labute approximate surface area is 184 Å². The van der Waals surface area contributed by atoms with Gasteiger partial charge in [0.25, 0.3) is 0 Å². The van der Waals surface area contributed by atoms with Gasteiger partial charge in [-0.25, -0.2) is 0 Å². The number of amides is 1. The summed E-state index contributed by atoms with van der Waals surface area (Å²) in [6.45, 7) is 13.3. The highest BCUT2D eigenvalue weighted by Crippen LogP contribution is 2.42. The number of ether oxygens (including phenoxy) is 1. The first-order valence-electron chi connectivity index (χ1n) is 11.8. The second-order valence-electron chi connectivity index (χ2n) is 10.4. The first kappa shape index (κ1) is 24.7. The van der Waals surface area contributed by atoms with Gasteiger partial charge >= 0.3 is 0 Å². The van der Waals surface area contributed by atoms with Crippen LogP contribution in [0.4, 0.5) is 5.69 Å². The Kier molecular flexibility index (Phi) is 8.78. The summed E-state index contributed by atoms with van der Waals surface area (Å²) in [5.41, 5.74) is 1.67. The van der Waals surface area contributed by atoms with Crippen molar-refractivity contribution in [1.82, 2.24) is 0 Å². The zero-order valence-corrected chi connectivity index (χ0v) is 20.1. The number of carbonyl (C=O) groups excluding carboxylic acids is 1. The normalized spacial score (nSPS) is 15.8. The van der Waals surface area contributed by atoms with Crippen molar-refractivity contribution in [1.29, 1.82) is 0 Å². The number of hydrogen-bond acceptors (Lipinski definition) is 3. The zero-order valence-electron chi connectivity index (χ0n) is 20.1. The van der Waals surface area contributed by atoms with E-state index in [1.165, 1.54) is 43.4 Å². The van der Waals surface area contributed by atoms with Crippen LogP contribution >= 0.6 is 0 Å². The lowest BCUT2D eigenvalue weighted by molar-refractivity contribution is -0.119. The van der Waals surface area contributed by atoms with Crippen LogP contribution in [0.3, 0.4) is 0 Å². The van der Waals surface area contributed by atoms with Crippen molar-refractivity contribution in [3.05, 3.63) is 23.8 Å². The number of carbonyl (C=O) groups is 1. The molecule has 1 aromatic carbocycles. The van der Waals surface area contributed by atoms with Crippen LogP contribution in [0.15, 0.2) is 18.2 Å². The van der Waals surface area contributed by atoms with E-state index in [0.717, 1.165) is 29.8 Å². The van der Waals surface area contributed by atoms with E-state index < -0.39 is 0 Å². The van der Waals surface area contributed by atoms with Crippen molar-refractivity contribution in [3.8, 4) is 5.75 Å². The van der Waals surface area contributed by atoms with Crippen LogP contribution in [0, 0.1) is 11.3 Å². The fourth-order valence-electron chi connectivity index (χ4n) is 5.06. The predicted octanol–water partition coefficient (Wildman–Crippen LogP) is 6.49. The zero-order chi connectivity index (χ0) is 22.4. The van der Waals surface area contributed by atoms with Gasteiger partial charge in [0.1, 0.15) is 18.1 Å². The Hall–Kier alpha value is -1.55. The minimum absolute atomic E-state index is 0.0305. The number of rotatable bonds is 11. The Bertz CT molecular complexity index is 690. The van der Waals surface area contributed by atoms with Gasteiger partial charge in [0, 0.05) is 18.4 Å². The molecule has 1 amide bonds. The molecule has 1 atom stereocenters. The quantitative estimate of drug-likeness (QED) is 0.419. The molecule has 1 aromatic rings. The molecule has 0 saturated heterocycles. The van der Waals surface area contributed by atoms with Gasteiger partial charge in [-0.05, 0) is 43.7 Å². The van der Waals surface area contributed by atoms with E-state index >= 15 is 0 Å². The smallest absolute Gasteiger partial charge is 0.229 e. The summed E-state index contributed by atoms with van der Waals surface area (Å²) < 4.78 is 6.56. The lowest BCUT2D eigenvalue weighted by Gasteiger charge is -2.43. The SMILES string of the molecule is CCCCCCCCC(C(C)(C)C)C(C)(C)Oc1ccc2c(c1)N(CO)C(=O)CC2. The van der Waals surface area contributed by atoms with Gasteiger partial charge in [-0.2, -0.15) is 0 Å². The van der Waals surface area contributed by atoms with Crippen molar-refractivity contribution in [2.75, 3.05) is 11.6 Å². The molecule has 1 aliphatic rings. The highest BCUT2D eigenvalue weighted by atomic mass is 16.5. The number of fused-ring (bicyclic) bond motifs is 1. The van der Waals surface area contributed by atoms with Gasteiger partial charge in [0.15, 0.2) is 0 Å². The Morgan fingerprint density at radius 2 is 1.70 bits per heavy atom. The molecule has 0 spiro atoms. The predicted molar refractivity (Wildman–Crippen MR) is 125 cm³/mol. The summed E-state index contributed by atoms with van der Waals surface area (Å²) in [7, 11) is 0. The molecule has 4 heteroatoms. The Balaban J connectivity index is 2.11. The topological polar surface area (TPSA) is 49.8 Å².